The summed E-state index contributed by atoms with van der Waals surface area (Å²) in [6.07, 6.45) is 0. The minimum absolute atomic E-state index is 0.0478. The largest absolute Gasteiger partial charge is 0.379 e. The highest BCUT2D eigenvalue weighted by Gasteiger charge is 2.35. The number of benzene rings is 2. The molecule has 0 aliphatic heterocycles. The highest BCUT2D eigenvalue weighted by molar-refractivity contribution is 6.30. The van der Waals surface area contributed by atoms with E-state index in [2.05, 4.69) is 10.6 Å². The van der Waals surface area contributed by atoms with E-state index >= 15 is 0 Å². The Morgan fingerprint density at radius 1 is 0.865 bits per heavy atom. The molecule has 0 spiro atoms. The van der Waals surface area contributed by atoms with E-state index in [1.54, 1.807) is 24.3 Å². The van der Waals surface area contributed by atoms with E-state index < -0.39 is 10.8 Å². The SMILES string of the molecule is CCNCC(C(=O)C(C)(C)COCCNCC(C(=O)C(C)(C)C)c1ccc(Cl)cc1)c1ccc(F)cc1. The molecule has 2 atom stereocenters. The Kier molecular flexibility index (Phi) is 11.9. The number of likely N-dealkylation sites (N-methyl/N-ethyl adjacent to an activating group) is 1. The summed E-state index contributed by atoms with van der Waals surface area (Å²) in [5.74, 6) is -0.802. The first-order chi connectivity index (χ1) is 17.4. The van der Waals surface area contributed by atoms with Crippen molar-refractivity contribution in [3.8, 4) is 0 Å². The summed E-state index contributed by atoms with van der Waals surface area (Å²) >= 11 is 6.03. The molecule has 0 aromatic heterocycles. The van der Waals surface area contributed by atoms with E-state index in [1.807, 2.05) is 53.7 Å². The third kappa shape index (κ3) is 9.60. The second-order valence-electron chi connectivity index (χ2n) is 11.1. The zero-order chi connectivity index (χ0) is 27.6. The Morgan fingerprint density at radius 2 is 1.38 bits per heavy atom. The van der Waals surface area contributed by atoms with Gasteiger partial charge in [-0.05, 0) is 41.9 Å². The molecule has 7 heteroatoms. The second-order valence-corrected chi connectivity index (χ2v) is 11.6. The van der Waals surface area contributed by atoms with Crippen LogP contribution in [0.1, 0.15) is 64.5 Å². The van der Waals surface area contributed by atoms with E-state index in [1.165, 1.54) is 12.1 Å². The van der Waals surface area contributed by atoms with Gasteiger partial charge in [-0.1, -0.05) is 77.4 Å². The maximum absolute atomic E-state index is 13.4. The first-order valence-corrected chi connectivity index (χ1v) is 13.3. The minimum Gasteiger partial charge on any atom is -0.379 e. The van der Waals surface area contributed by atoms with E-state index in [0.29, 0.717) is 31.3 Å². The van der Waals surface area contributed by atoms with Crippen molar-refractivity contribution >= 4 is 23.2 Å². The zero-order valence-electron chi connectivity index (χ0n) is 23.0. The first-order valence-electron chi connectivity index (χ1n) is 13.0. The van der Waals surface area contributed by atoms with Gasteiger partial charge in [0, 0.05) is 35.5 Å². The van der Waals surface area contributed by atoms with Gasteiger partial charge in [0.05, 0.1) is 25.0 Å². The summed E-state index contributed by atoms with van der Waals surface area (Å²) in [4.78, 5) is 26.5. The van der Waals surface area contributed by atoms with Crippen LogP contribution in [0, 0.1) is 16.6 Å². The quantitative estimate of drug-likeness (QED) is 0.285. The maximum atomic E-state index is 13.4. The molecule has 0 aliphatic rings. The highest BCUT2D eigenvalue weighted by atomic mass is 35.5. The normalized spacial score (nSPS) is 13.8. The van der Waals surface area contributed by atoms with Crippen molar-refractivity contribution in [2.75, 3.05) is 39.4 Å². The number of rotatable bonds is 15. The molecular weight excluding hydrogens is 491 g/mol. The van der Waals surface area contributed by atoms with Gasteiger partial charge in [-0.3, -0.25) is 9.59 Å². The Morgan fingerprint density at radius 3 is 1.92 bits per heavy atom. The molecule has 0 amide bonds. The predicted molar refractivity (Wildman–Crippen MR) is 149 cm³/mol. The molecule has 5 nitrogen and oxygen atoms in total. The van der Waals surface area contributed by atoms with Gasteiger partial charge in [-0.15, -0.1) is 0 Å². The average molecular weight is 533 g/mol. The van der Waals surface area contributed by atoms with Crippen LogP contribution in [0.4, 0.5) is 4.39 Å². The lowest BCUT2D eigenvalue weighted by Gasteiger charge is -2.29. The van der Waals surface area contributed by atoms with Gasteiger partial charge >= 0.3 is 0 Å². The van der Waals surface area contributed by atoms with Crippen LogP contribution in [0.2, 0.25) is 5.02 Å². The molecule has 0 bridgehead atoms. The van der Waals surface area contributed by atoms with Crippen molar-refractivity contribution < 1.29 is 18.7 Å². The van der Waals surface area contributed by atoms with Gasteiger partial charge in [-0.25, -0.2) is 4.39 Å². The molecule has 2 rings (SSSR count). The van der Waals surface area contributed by atoms with E-state index in [4.69, 9.17) is 16.3 Å². The molecule has 37 heavy (non-hydrogen) atoms. The standard InChI is InChI=1S/C30H42ClFN2O3/c1-7-33-18-26(22-10-14-24(32)15-11-22)28(36)30(5,6)20-37-17-16-34-19-25(27(35)29(2,3)4)21-8-12-23(31)13-9-21/h8-15,25-26,33-34H,7,16-20H2,1-6H3. The minimum atomic E-state index is -0.720. The Bertz CT molecular complexity index is 1000. The van der Waals surface area contributed by atoms with E-state index in [-0.39, 0.29) is 35.8 Å². The maximum Gasteiger partial charge on any atom is 0.149 e. The Labute approximate surface area is 226 Å². The van der Waals surface area contributed by atoms with E-state index in [0.717, 1.165) is 17.7 Å². The van der Waals surface area contributed by atoms with Crippen LogP contribution in [0.3, 0.4) is 0 Å². The van der Waals surface area contributed by atoms with Crippen molar-refractivity contribution in [2.45, 2.75) is 53.4 Å². The monoisotopic (exact) mass is 532 g/mol. The summed E-state index contributed by atoms with van der Waals surface area (Å²) in [5, 5.41) is 7.22. The van der Waals surface area contributed by atoms with Crippen molar-refractivity contribution in [1.82, 2.24) is 10.6 Å². The number of carbonyl (C=O) groups is 2. The first kappa shape index (κ1) is 31.1. The van der Waals surface area contributed by atoms with Gasteiger partial charge in [0.2, 0.25) is 0 Å². The van der Waals surface area contributed by atoms with Crippen LogP contribution < -0.4 is 10.6 Å². The Hall–Kier alpha value is -2.12. The molecule has 2 aromatic carbocycles. The molecule has 204 valence electrons. The lowest BCUT2D eigenvalue weighted by Crippen LogP contribution is -2.39. The van der Waals surface area contributed by atoms with Crippen molar-refractivity contribution in [3.63, 3.8) is 0 Å². The molecule has 2 N–H and O–H groups in total. The third-order valence-corrected chi connectivity index (χ3v) is 6.67. The summed E-state index contributed by atoms with van der Waals surface area (Å²) in [7, 11) is 0. The van der Waals surface area contributed by atoms with Crippen molar-refractivity contribution in [2.24, 2.45) is 10.8 Å². The smallest absolute Gasteiger partial charge is 0.149 e. The summed E-state index contributed by atoms with van der Waals surface area (Å²) in [6.45, 7) is 14.4. The fourth-order valence-corrected chi connectivity index (χ4v) is 4.31. The fraction of sp³-hybridized carbons (Fsp3) is 0.533. The van der Waals surface area contributed by atoms with Crippen molar-refractivity contribution in [3.05, 3.63) is 70.5 Å². The molecule has 0 saturated carbocycles. The van der Waals surface area contributed by atoms with Crippen LogP contribution in [-0.2, 0) is 14.3 Å². The summed E-state index contributed by atoms with van der Waals surface area (Å²) < 4.78 is 19.3. The molecular formula is C30H42ClFN2O3. The number of ether oxygens (including phenoxy) is 1. The molecule has 0 aliphatic carbocycles. The lowest BCUT2D eigenvalue weighted by atomic mass is 9.79. The highest BCUT2D eigenvalue weighted by Crippen LogP contribution is 2.29. The van der Waals surface area contributed by atoms with Gasteiger partial charge in [-0.2, -0.15) is 0 Å². The number of halogens is 2. The number of ketones is 2. The predicted octanol–water partition coefficient (Wildman–Crippen LogP) is 5.77. The third-order valence-electron chi connectivity index (χ3n) is 6.42. The van der Waals surface area contributed by atoms with Crippen LogP contribution in [0.25, 0.3) is 0 Å². The number of carbonyl (C=O) groups excluding carboxylic acids is 2. The van der Waals surface area contributed by atoms with Gasteiger partial charge in [0.15, 0.2) is 0 Å². The average Bonchev–Trinajstić information content (AvgIpc) is 2.84. The molecule has 2 unspecified atom stereocenters. The molecule has 0 heterocycles. The number of Topliss-reactive ketones (excluding diaryl/α,β-unsaturated/α-hetero) is 2. The van der Waals surface area contributed by atoms with Crippen LogP contribution in [0.5, 0.6) is 0 Å². The van der Waals surface area contributed by atoms with E-state index in [9.17, 15) is 14.0 Å². The molecule has 0 fully saturated rings. The molecule has 0 saturated heterocycles. The van der Waals surface area contributed by atoms with Gasteiger partial charge in [0.1, 0.15) is 17.4 Å². The fourth-order valence-electron chi connectivity index (χ4n) is 4.19. The van der Waals surface area contributed by atoms with Crippen LogP contribution in [-0.4, -0.2) is 51.0 Å². The van der Waals surface area contributed by atoms with Crippen LogP contribution in [0.15, 0.2) is 48.5 Å². The molecule has 0 radical (unpaired) electrons. The molecule has 2 aromatic rings. The number of hydrogen-bond acceptors (Lipinski definition) is 5. The lowest BCUT2D eigenvalue weighted by molar-refractivity contribution is -0.132. The Balaban J connectivity index is 1.92. The summed E-state index contributed by atoms with van der Waals surface area (Å²) in [6, 6.07) is 13.5. The van der Waals surface area contributed by atoms with Gasteiger partial charge in [0.25, 0.3) is 0 Å². The second kappa shape index (κ2) is 14.1. The number of nitrogens with one attached hydrogen (secondary N) is 2. The topological polar surface area (TPSA) is 67.4 Å². The number of hydrogen-bond donors (Lipinski definition) is 2. The zero-order valence-corrected chi connectivity index (χ0v) is 23.8. The van der Waals surface area contributed by atoms with Crippen LogP contribution >= 0.6 is 11.6 Å². The summed E-state index contributed by atoms with van der Waals surface area (Å²) in [5.41, 5.74) is 0.527. The van der Waals surface area contributed by atoms with Crippen molar-refractivity contribution in [1.29, 1.82) is 0 Å². The van der Waals surface area contributed by atoms with Gasteiger partial charge < -0.3 is 15.4 Å².